The Hall–Kier alpha value is -2.14. The maximum Gasteiger partial charge on any atom is 0.286 e. The van der Waals surface area contributed by atoms with Crippen molar-refractivity contribution in [1.82, 2.24) is 4.40 Å². The van der Waals surface area contributed by atoms with Gasteiger partial charge < -0.3 is 24.0 Å². The second-order valence-electron chi connectivity index (χ2n) is 5.83. The van der Waals surface area contributed by atoms with E-state index in [1.54, 1.807) is 0 Å². The summed E-state index contributed by atoms with van der Waals surface area (Å²) in [5, 5.41) is 0. The van der Waals surface area contributed by atoms with Crippen molar-refractivity contribution in [2.24, 2.45) is 0 Å². The number of pyridine rings is 1. The molecule has 2 heterocycles. The summed E-state index contributed by atoms with van der Waals surface area (Å²) in [5.41, 5.74) is 5.19. The molecule has 0 N–H and O–H groups in total. The summed E-state index contributed by atoms with van der Waals surface area (Å²) in [4.78, 5) is 0. The molecule has 0 saturated heterocycles. The van der Waals surface area contributed by atoms with Crippen LogP contribution in [-0.2, 0) is 13.0 Å². The molecular formula is C21H19IN2. The van der Waals surface area contributed by atoms with E-state index in [2.05, 4.69) is 100 Å². The molecule has 120 valence electrons. The number of hydrogen-bond donors (Lipinski definition) is 0. The van der Waals surface area contributed by atoms with Crippen LogP contribution in [0.25, 0.3) is 5.65 Å². The fourth-order valence-electron chi connectivity index (χ4n) is 3.06. The number of rotatable bonds is 4. The van der Waals surface area contributed by atoms with Crippen molar-refractivity contribution in [3.05, 3.63) is 108 Å². The number of hydrogen-bond acceptors (Lipinski definition) is 0. The van der Waals surface area contributed by atoms with E-state index in [1.165, 1.54) is 22.5 Å². The van der Waals surface area contributed by atoms with Gasteiger partial charge in [0.15, 0.2) is 5.69 Å². The average Bonchev–Trinajstić information content (AvgIpc) is 2.95. The lowest BCUT2D eigenvalue weighted by Gasteiger charge is -1.97. The molecule has 3 heteroatoms. The SMILES string of the molecule is [I-].c1ccc(Cc2c[n+](Cc3ccccc3)c3ccccn23)cc1. The topological polar surface area (TPSA) is 8.29 Å². The Bertz CT molecular complexity index is 839. The number of aromatic nitrogens is 2. The van der Waals surface area contributed by atoms with Crippen LogP contribution < -0.4 is 28.5 Å². The zero-order chi connectivity index (χ0) is 15.5. The van der Waals surface area contributed by atoms with Crippen molar-refractivity contribution < 1.29 is 28.5 Å². The number of halogens is 1. The first-order chi connectivity index (χ1) is 11.4. The van der Waals surface area contributed by atoms with E-state index in [4.69, 9.17) is 0 Å². The molecule has 0 spiro atoms. The minimum atomic E-state index is 0. The maximum absolute atomic E-state index is 2.33. The van der Waals surface area contributed by atoms with Crippen LogP contribution in [0.4, 0.5) is 0 Å². The van der Waals surface area contributed by atoms with Gasteiger partial charge in [0, 0.05) is 12.5 Å². The van der Waals surface area contributed by atoms with Crippen molar-refractivity contribution in [2.45, 2.75) is 13.0 Å². The summed E-state index contributed by atoms with van der Waals surface area (Å²) in [6.07, 6.45) is 5.36. The molecule has 24 heavy (non-hydrogen) atoms. The molecule has 0 bridgehead atoms. The summed E-state index contributed by atoms with van der Waals surface area (Å²) in [5.74, 6) is 0. The molecule has 2 aromatic carbocycles. The second kappa shape index (κ2) is 7.62. The van der Waals surface area contributed by atoms with Gasteiger partial charge in [-0.05, 0) is 17.2 Å². The number of nitrogens with zero attached hydrogens (tertiary/aromatic N) is 2. The predicted octanol–water partition coefficient (Wildman–Crippen LogP) is 0.870. The van der Waals surface area contributed by atoms with Gasteiger partial charge in [-0.3, -0.25) is 0 Å². The molecular weight excluding hydrogens is 407 g/mol. The third-order valence-electron chi connectivity index (χ3n) is 4.17. The zero-order valence-corrected chi connectivity index (χ0v) is 15.5. The Balaban J connectivity index is 0.00000169. The summed E-state index contributed by atoms with van der Waals surface area (Å²) in [6.45, 7) is 0.892. The normalized spacial score (nSPS) is 10.5. The summed E-state index contributed by atoms with van der Waals surface area (Å²) < 4.78 is 4.61. The Labute approximate surface area is 159 Å². The molecule has 0 radical (unpaired) electrons. The molecule has 4 rings (SSSR count). The minimum absolute atomic E-state index is 0. The standard InChI is InChI=1S/C21H19N2.HI/c1-3-9-18(10-4-1)15-20-17-22(16-19-11-5-2-6-12-19)21-13-7-8-14-23(20)21;/h1-14,17H,15-16H2;1H/q+1;/p-1. The van der Waals surface area contributed by atoms with Crippen molar-refractivity contribution in [1.29, 1.82) is 0 Å². The van der Waals surface area contributed by atoms with Crippen molar-refractivity contribution in [3.63, 3.8) is 0 Å². The van der Waals surface area contributed by atoms with Crippen LogP contribution in [0, 0.1) is 0 Å². The molecule has 0 fully saturated rings. The number of fused-ring (bicyclic) bond motifs is 1. The monoisotopic (exact) mass is 426 g/mol. The molecule has 4 aromatic rings. The van der Waals surface area contributed by atoms with Crippen LogP contribution in [0.3, 0.4) is 0 Å². The van der Waals surface area contributed by atoms with Crippen LogP contribution in [0.1, 0.15) is 16.8 Å². The molecule has 0 unspecified atom stereocenters. The van der Waals surface area contributed by atoms with Crippen molar-refractivity contribution >= 4 is 5.65 Å². The van der Waals surface area contributed by atoms with Gasteiger partial charge in [0.05, 0.1) is 6.20 Å². The van der Waals surface area contributed by atoms with E-state index in [0.29, 0.717) is 0 Å². The van der Waals surface area contributed by atoms with E-state index in [9.17, 15) is 0 Å². The fraction of sp³-hybridized carbons (Fsp3) is 0.0952. The van der Waals surface area contributed by atoms with Gasteiger partial charge in [0.2, 0.25) is 0 Å². The number of benzene rings is 2. The van der Waals surface area contributed by atoms with Crippen LogP contribution >= 0.6 is 0 Å². The zero-order valence-electron chi connectivity index (χ0n) is 13.3. The van der Waals surface area contributed by atoms with Crippen LogP contribution in [-0.4, -0.2) is 4.40 Å². The number of imidazole rings is 1. The quantitative estimate of drug-likeness (QED) is 0.338. The third-order valence-corrected chi connectivity index (χ3v) is 4.17. The smallest absolute Gasteiger partial charge is 0.286 e. The Kier molecular flexibility index (Phi) is 5.30. The minimum Gasteiger partial charge on any atom is -1.00 e. The lowest BCUT2D eigenvalue weighted by molar-refractivity contribution is -0.662. The van der Waals surface area contributed by atoms with Gasteiger partial charge in [-0.1, -0.05) is 66.7 Å². The van der Waals surface area contributed by atoms with Gasteiger partial charge >= 0.3 is 0 Å². The fourth-order valence-corrected chi connectivity index (χ4v) is 3.06. The molecule has 0 aliphatic carbocycles. The lowest BCUT2D eigenvalue weighted by Crippen LogP contribution is -3.00. The average molecular weight is 426 g/mol. The van der Waals surface area contributed by atoms with E-state index in [1.807, 2.05) is 0 Å². The van der Waals surface area contributed by atoms with Gasteiger partial charge in [0.1, 0.15) is 12.7 Å². The van der Waals surface area contributed by atoms with Crippen LogP contribution in [0.5, 0.6) is 0 Å². The molecule has 0 aliphatic rings. The molecule has 0 saturated carbocycles. The van der Waals surface area contributed by atoms with Gasteiger partial charge in [-0.2, -0.15) is 4.40 Å². The van der Waals surface area contributed by atoms with E-state index in [-0.39, 0.29) is 24.0 Å². The Morgan fingerprint density at radius 2 is 1.33 bits per heavy atom. The molecule has 2 nitrogen and oxygen atoms in total. The van der Waals surface area contributed by atoms with E-state index < -0.39 is 0 Å². The first-order valence-corrected chi connectivity index (χ1v) is 7.96. The summed E-state index contributed by atoms with van der Waals surface area (Å²) in [6, 6.07) is 27.6. The summed E-state index contributed by atoms with van der Waals surface area (Å²) in [7, 11) is 0. The molecule has 0 amide bonds. The highest BCUT2D eigenvalue weighted by molar-refractivity contribution is 5.35. The van der Waals surface area contributed by atoms with Gasteiger partial charge in [-0.25, -0.2) is 4.57 Å². The highest BCUT2D eigenvalue weighted by Crippen LogP contribution is 2.12. The summed E-state index contributed by atoms with van der Waals surface area (Å²) >= 11 is 0. The van der Waals surface area contributed by atoms with E-state index >= 15 is 0 Å². The molecule has 2 aromatic heterocycles. The maximum atomic E-state index is 2.33. The largest absolute Gasteiger partial charge is 1.00 e. The van der Waals surface area contributed by atoms with Gasteiger partial charge in [-0.15, -0.1) is 0 Å². The highest BCUT2D eigenvalue weighted by Gasteiger charge is 2.16. The van der Waals surface area contributed by atoms with Crippen molar-refractivity contribution in [3.8, 4) is 0 Å². The molecule has 0 atom stereocenters. The Morgan fingerprint density at radius 3 is 2.04 bits per heavy atom. The van der Waals surface area contributed by atoms with E-state index in [0.717, 1.165) is 13.0 Å². The van der Waals surface area contributed by atoms with Crippen LogP contribution in [0.15, 0.2) is 91.3 Å². The molecule has 0 aliphatic heterocycles. The highest BCUT2D eigenvalue weighted by atomic mass is 127. The third kappa shape index (κ3) is 3.51. The lowest BCUT2D eigenvalue weighted by atomic mass is 10.1. The second-order valence-corrected chi connectivity index (χ2v) is 5.83. The van der Waals surface area contributed by atoms with Crippen molar-refractivity contribution in [2.75, 3.05) is 0 Å². The predicted molar refractivity (Wildman–Crippen MR) is 92.4 cm³/mol. The first-order valence-electron chi connectivity index (χ1n) is 7.96. The Morgan fingerprint density at radius 1 is 0.708 bits per heavy atom. The van der Waals surface area contributed by atoms with Crippen LogP contribution in [0.2, 0.25) is 0 Å². The van der Waals surface area contributed by atoms with Gasteiger partial charge in [0.25, 0.3) is 5.65 Å². The first kappa shape index (κ1) is 16.7.